The van der Waals surface area contributed by atoms with Crippen LogP contribution in [0.4, 0.5) is 15.2 Å². The highest BCUT2D eigenvalue weighted by Gasteiger charge is 2.15. The molecule has 2 amide bonds. The number of rotatable bonds is 4. The van der Waals surface area contributed by atoms with Gasteiger partial charge in [-0.25, -0.2) is 9.37 Å². The number of aromatic nitrogens is 1. The van der Waals surface area contributed by atoms with Crippen molar-refractivity contribution in [1.82, 2.24) is 4.98 Å². The number of hydrogen-bond acceptors (Lipinski definition) is 5. The van der Waals surface area contributed by atoms with E-state index in [2.05, 4.69) is 15.6 Å². The fraction of sp³-hybridized carbons (Fsp3) is 0.167. The van der Waals surface area contributed by atoms with Crippen LogP contribution < -0.4 is 10.6 Å². The summed E-state index contributed by atoms with van der Waals surface area (Å²) in [7, 11) is 0. The Morgan fingerprint density at radius 2 is 1.92 bits per heavy atom. The summed E-state index contributed by atoms with van der Waals surface area (Å²) in [6.45, 7) is 5.20. The number of thiophene rings is 1. The van der Waals surface area contributed by atoms with Crippen LogP contribution >= 0.6 is 22.7 Å². The lowest BCUT2D eigenvalue weighted by Gasteiger charge is -2.05. The number of aryl methyl sites for hydroxylation is 2. The van der Waals surface area contributed by atoms with Crippen LogP contribution in [0.2, 0.25) is 0 Å². The first-order chi connectivity index (χ1) is 12.3. The summed E-state index contributed by atoms with van der Waals surface area (Å²) in [5, 5.41) is 7.36. The lowest BCUT2D eigenvalue weighted by molar-refractivity contribution is -0.114. The fourth-order valence-electron chi connectivity index (χ4n) is 2.48. The topological polar surface area (TPSA) is 71.1 Å². The summed E-state index contributed by atoms with van der Waals surface area (Å²) in [6, 6.07) is 6.23. The number of anilines is 2. The fourth-order valence-corrected chi connectivity index (χ4v) is 4.11. The summed E-state index contributed by atoms with van der Waals surface area (Å²) in [4.78, 5) is 29.7. The van der Waals surface area contributed by atoms with Gasteiger partial charge in [-0.3, -0.25) is 14.9 Å². The Labute approximate surface area is 157 Å². The van der Waals surface area contributed by atoms with E-state index in [1.54, 1.807) is 28.8 Å². The summed E-state index contributed by atoms with van der Waals surface area (Å²) in [5.41, 5.74) is 1.73. The molecule has 0 bridgehead atoms. The average Bonchev–Trinajstić information content (AvgIpc) is 3.13. The molecular formula is C18H16FN3O2S2. The first-order valence-electron chi connectivity index (χ1n) is 7.75. The van der Waals surface area contributed by atoms with Gasteiger partial charge in [0, 0.05) is 33.3 Å². The average molecular weight is 389 g/mol. The highest BCUT2D eigenvalue weighted by Crippen LogP contribution is 2.29. The monoisotopic (exact) mass is 389 g/mol. The van der Waals surface area contributed by atoms with Crippen LogP contribution in [0.1, 0.15) is 27.0 Å². The van der Waals surface area contributed by atoms with Crippen molar-refractivity contribution in [3.8, 4) is 11.3 Å². The predicted molar refractivity (Wildman–Crippen MR) is 104 cm³/mol. The molecule has 0 unspecified atom stereocenters. The van der Waals surface area contributed by atoms with E-state index in [9.17, 15) is 14.0 Å². The van der Waals surface area contributed by atoms with Gasteiger partial charge in [-0.2, -0.15) is 0 Å². The number of halogens is 1. The molecule has 0 saturated carbocycles. The van der Waals surface area contributed by atoms with E-state index >= 15 is 0 Å². The molecule has 0 radical (unpaired) electrons. The SMILES string of the molecule is CC(=O)Nc1ccc(-c2csc(NC(=O)c3cc(C)sc3C)n2)c(F)c1. The van der Waals surface area contributed by atoms with E-state index in [-0.39, 0.29) is 11.8 Å². The van der Waals surface area contributed by atoms with Gasteiger partial charge in [0.05, 0.1) is 11.3 Å². The van der Waals surface area contributed by atoms with Crippen molar-refractivity contribution < 1.29 is 14.0 Å². The molecule has 0 aliphatic heterocycles. The molecule has 2 N–H and O–H groups in total. The number of hydrogen-bond donors (Lipinski definition) is 2. The van der Waals surface area contributed by atoms with Crippen molar-refractivity contribution in [3.63, 3.8) is 0 Å². The Hall–Kier alpha value is -2.58. The third-order valence-electron chi connectivity index (χ3n) is 3.58. The molecule has 0 saturated heterocycles. The second-order valence-electron chi connectivity index (χ2n) is 5.69. The van der Waals surface area contributed by atoms with Crippen LogP contribution in [-0.4, -0.2) is 16.8 Å². The standard InChI is InChI=1S/C18H16FN3O2S2/c1-9-6-14(10(2)26-9)17(24)22-18-21-16(8-25-18)13-5-4-12(7-15(13)19)20-11(3)23/h4-8H,1-3H3,(H,20,23)(H,21,22,24). The summed E-state index contributed by atoms with van der Waals surface area (Å²) in [5.74, 6) is -0.993. The highest BCUT2D eigenvalue weighted by molar-refractivity contribution is 7.14. The van der Waals surface area contributed by atoms with Crippen molar-refractivity contribution in [2.45, 2.75) is 20.8 Å². The normalized spacial score (nSPS) is 10.6. The van der Waals surface area contributed by atoms with Gasteiger partial charge in [0.1, 0.15) is 5.82 Å². The van der Waals surface area contributed by atoms with Crippen molar-refractivity contribution >= 4 is 45.3 Å². The van der Waals surface area contributed by atoms with E-state index in [0.717, 1.165) is 9.75 Å². The zero-order chi connectivity index (χ0) is 18.8. The van der Waals surface area contributed by atoms with Gasteiger partial charge < -0.3 is 5.32 Å². The molecule has 2 aromatic heterocycles. The molecule has 8 heteroatoms. The number of carbonyl (C=O) groups is 2. The number of thiazole rings is 1. The third-order valence-corrected chi connectivity index (χ3v) is 5.30. The van der Waals surface area contributed by atoms with E-state index in [1.165, 1.54) is 24.3 Å². The Morgan fingerprint density at radius 3 is 2.54 bits per heavy atom. The summed E-state index contributed by atoms with van der Waals surface area (Å²) in [6.07, 6.45) is 0. The molecule has 1 aromatic carbocycles. The molecule has 26 heavy (non-hydrogen) atoms. The zero-order valence-corrected chi connectivity index (χ0v) is 16.0. The minimum atomic E-state index is -0.497. The highest BCUT2D eigenvalue weighted by atomic mass is 32.1. The van der Waals surface area contributed by atoms with Gasteiger partial charge in [-0.05, 0) is 38.1 Å². The van der Waals surface area contributed by atoms with E-state index in [1.807, 2.05) is 19.9 Å². The van der Waals surface area contributed by atoms with Crippen LogP contribution in [0.25, 0.3) is 11.3 Å². The van der Waals surface area contributed by atoms with Crippen LogP contribution in [0.3, 0.4) is 0 Å². The number of nitrogens with one attached hydrogen (secondary N) is 2. The summed E-state index contributed by atoms with van der Waals surface area (Å²) >= 11 is 2.79. The van der Waals surface area contributed by atoms with Crippen LogP contribution in [-0.2, 0) is 4.79 Å². The van der Waals surface area contributed by atoms with E-state index in [0.29, 0.717) is 27.6 Å². The van der Waals surface area contributed by atoms with Gasteiger partial charge in [0.2, 0.25) is 5.91 Å². The molecule has 2 heterocycles. The molecule has 0 atom stereocenters. The molecule has 3 aromatic rings. The largest absolute Gasteiger partial charge is 0.326 e. The van der Waals surface area contributed by atoms with Gasteiger partial charge in [0.15, 0.2) is 5.13 Å². The minimum Gasteiger partial charge on any atom is -0.326 e. The lowest BCUT2D eigenvalue weighted by Crippen LogP contribution is -2.11. The quantitative estimate of drug-likeness (QED) is 0.671. The molecule has 0 fully saturated rings. The molecule has 0 aliphatic carbocycles. The number of amides is 2. The second kappa shape index (κ2) is 7.35. The first kappa shape index (κ1) is 18.2. The molecule has 0 aliphatic rings. The molecule has 0 spiro atoms. The lowest BCUT2D eigenvalue weighted by atomic mass is 10.1. The Balaban J connectivity index is 1.78. The maximum atomic E-state index is 14.3. The Bertz CT molecular complexity index is 994. The maximum absolute atomic E-state index is 14.3. The van der Waals surface area contributed by atoms with Gasteiger partial charge in [0.25, 0.3) is 5.91 Å². The van der Waals surface area contributed by atoms with Crippen LogP contribution in [0, 0.1) is 19.7 Å². The first-order valence-corrected chi connectivity index (χ1v) is 9.44. The minimum absolute atomic E-state index is 0.228. The maximum Gasteiger partial charge on any atom is 0.258 e. The summed E-state index contributed by atoms with van der Waals surface area (Å²) < 4.78 is 14.3. The van der Waals surface area contributed by atoms with Crippen LogP contribution in [0.5, 0.6) is 0 Å². The van der Waals surface area contributed by atoms with Crippen LogP contribution in [0.15, 0.2) is 29.6 Å². The van der Waals surface area contributed by atoms with Gasteiger partial charge in [-0.1, -0.05) is 0 Å². The Kier molecular flexibility index (Phi) is 5.15. The third kappa shape index (κ3) is 3.97. The number of nitrogens with zero attached hydrogens (tertiary/aromatic N) is 1. The van der Waals surface area contributed by atoms with Crippen molar-refractivity contribution in [1.29, 1.82) is 0 Å². The molecule has 134 valence electrons. The Morgan fingerprint density at radius 1 is 1.15 bits per heavy atom. The smallest absolute Gasteiger partial charge is 0.258 e. The number of benzene rings is 1. The molecule has 5 nitrogen and oxygen atoms in total. The zero-order valence-electron chi connectivity index (χ0n) is 14.3. The van der Waals surface area contributed by atoms with Crippen molar-refractivity contribution in [2.75, 3.05) is 10.6 Å². The van der Waals surface area contributed by atoms with E-state index < -0.39 is 5.82 Å². The number of carbonyl (C=O) groups excluding carboxylic acids is 2. The van der Waals surface area contributed by atoms with Crippen molar-refractivity contribution in [3.05, 3.63) is 50.8 Å². The van der Waals surface area contributed by atoms with E-state index in [4.69, 9.17) is 0 Å². The molecular weight excluding hydrogens is 373 g/mol. The van der Waals surface area contributed by atoms with Crippen molar-refractivity contribution in [2.24, 2.45) is 0 Å². The predicted octanol–water partition coefficient (Wildman–Crippen LogP) is 4.84. The second-order valence-corrected chi connectivity index (χ2v) is 8.01. The van der Waals surface area contributed by atoms with Gasteiger partial charge in [-0.15, -0.1) is 22.7 Å². The van der Waals surface area contributed by atoms with Gasteiger partial charge >= 0.3 is 0 Å². The molecule has 3 rings (SSSR count).